The highest BCUT2D eigenvalue weighted by molar-refractivity contribution is 8.06. The highest BCUT2D eigenvalue weighted by Gasteiger charge is 2.25. The Hall–Kier alpha value is -0.200. The quantitative estimate of drug-likeness (QED) is 0.909. The Kier molecular flexibility index (Phi) is 4.76. The number of nitrogens with two attached hydrogens (primary N) is 1. The molecule has 0 aromatic carbocycles. The molecule has 1 aromatic rings. The fourth-order valence-electron chi connectivity index (χ4n) is 1.94. The summed E-state index contributed by atoms with van der Waals surface area (Å²) in [5.41, 5.74) is 5.93. The molecule has 1 saturated heterocycles. The van der Waals surface area contributed by atoms with Crippen LogP contribution >= 0.6 is 23.5 Å². The second-order valence-electron chi connectivity index (χ2n) is 4.30. The van der Waals surface area contributed by atoms with Crippen LogP contribution in [0.1, 0.15) is 43.2 Å². The summed E-state index contributed by atoms with van der Waals surface area (Å²) in [4.78, 5) is 4.53. The molecule has 1 aliphatic heterocycles. The molecule has 1 aliphatic rings. The summed E-state index contributed by atoms with van der Waals surface area (Å²) < 4.78 is 5.37. The van der Waals surface area contributed by atoms with Crippen LogP contribution in [-0.4, -0.2) is 33.4 Å². The van der Waals surface area contributed by atoms with E-state index in [-0.39, 0.29) is 12.0 Å². The predicted molar refractivity (Wildman–Crippen MR) is 73.5 cm³/mol. The summed E-state index contributed by atoms with van der Waals surface area (Å²) >= 11 is 3.88. The van der Waals surface area contributed by atoms with Crippen molar-refractivity contribution in [1.82, 2.24) is 10.1 Å². The van der Waals surface area contributed by atoms with Crippen LogP contribution in [0.15, 0.2) is 4.52 Å². The Balaban J connectivity index is 2.08. The molecule has 0 bridgehead atoms. The molecule has 4 nitrogen and oxygen atoms in total. The first kappa shape index (κ1) is 13.2. The van der Waals surface area contributed by atoms with Crippen molar-refractivity contribution in [3.63, 3.8) is 0 Å². The van der Waals surface area contributed by atoms with Gasteiger partial charge in [0.05, 0.1) is 11.2 Å². The fourth-order valence-corrected chi connectivity index (χ4v) is 4.53. The lowest BCUT2D eigenvalue weighted by atomic mass is 9.99. The van der Waals surface area contributed by atoms with E-state index in [9.17, 15) is 0 Å². The summed E-state index contributed by atoms with van der Waals surface area (Å²) in [6.07, 6.45) is 0.936. The standard InChI is InChI=1S/C11H19N3OS2/c1-3-8(7(2)12)11-13-10(14-15-11)9-6-16-4-5-17-9/h7-9H,3-6,12H2,1-2H3. The molecule has 6 heteroatoms. The molecule has 3 atom stereocenters. The topological polar surface area (TPSA) is 64.9 Å². The average Bonchev–Trinajstić information content (AvgIpc) is 2.80. The van der Waals surface area contributed by atoms with Crippen molar-refractivity contribution < 1.29 is 4.52 Å². The van der Waals surface area contributed by atoms with Gasteiger partial charge < -0.3 is 10.3 Å². The van der Waals surface area contributed by atoms with Crippen LogP contribution in [0.3, 0.4) is 0 Å². The molecule has 0 radical (unpaired) electrons. The molecule has 3 unspecified atom stereocenters. The molecule has 96 valence electrons. The van der Waals surface area contributed by atoms with Crippen LogP contribution in [0.5, 0.6) is 0 Å². The van der Waals surface area contributed by atoms with Gasteiger partial charge in [0.2, 0.25) is 5.89 Å². The van der Waals surface area contributed by atoms with Gasteiger partial charge in [-0.15, -0.1) is 11.8 Å². The zero-order valence-electron chi connectivity index (χ0n) is 10.3. The third-order valence-corrected chi connectivity index (χ3v) is 5.70. The molecule has 0 spiro atoms. The molecule has 2 rings (SSSR count). The average molecular weight is 273 g/mol. The van der Waals surface area contributed by atoms with Crippen molar-refractivity contribution in [2.24, 2.45) is 5.73 Å². The van der Waals surface area contributed by atoms with Gasteiger partial charge in [-0.25, -0.2) is 0 Å². The number of aromatic nitrogens is 2. The normalized spacial score (nSPS) is 24.5. The second kappa shape index (κ2) is 6.11. The minimum absolute atomic E-state index is 0.0571. The lowest BCUT2D eigenvalue weighted by Crippen LogP contribution is -2.24. The summed E-state index contributed by atoms with van der Waals surface area (Å²) in [5, 5.41) is 4.50. The molecule has 2 N–H and O–H groups in total. The maximum atomic E-state index is 5.93. The van der Waals surface area contributed by atoms with Gasteiger partial charge in [-0.05, 0) is 13.3 Å². The van der Waals surface area contributed by atoms with Gasteiger partial charge in [-0.3, -0.25) is 0 Å². The number of thioether (sulfide) groups is 2. The first-order valence-electron chi connectivity index (χ1n) is 6.00. The zero-order valence-corrected chi connectivity index (χ0v) is 11.9. The first-order chi connectivity index (χ1) is 8.22. The van der Waals surface area contributed by atoms with E-state index in [2.05, 4.69) is 17.1 Å². The van der Waals surface area contributed by atoms with Gasteiger partial charge in [0.15, 0.2) is 5.82 Å². The van der Waals surface area contributed by atoms with Crippen LogP contribution in [-0.2, 0) is 0 Å². The molecular weight excluding hydrogens is 254 g/mol. The van der Waals surface area contributed by atoms with E-state index in [0.29, 0.717) is 11.1 Å². The van der Waals surface area contributed by atoms with Gasteiger partial charge in [0.25, 0.3) is 0 Å². The van der Waals surface area contributed by atoms with Crippen LogP contribution in [0.25, 0.3) is 0 Å². The maximum Gasteiger partial charge on any atom is 0.231 e. The van der Waals surface area contributed by atoms with Crippen LogP contribution in [0, 0.1) is 0 Å². The van der Waals surface area contributed by atoms with E-state index in [1.807, 2.05) is 30.4 Å². The van der Waals surface area contributed by atoms with E-state index in [1.165, 1.54) is 11.5 Å². The molecule has 0 amide bonds. The third-order valence-electron chi connectivity index (χ3n) is 2.95. The van der Waals surface area contributed by atoms with Gasteiger partial charge >= 0.3 is 0 Å². The van der Waals surface area contributed by atoms with E-state index >= 15 is 0 Å². The maximum absolute atomic E-state index is 5.93. The summed E-state index contributed by atoms with van der Waals surface area (Å²) in [7, 11) is 0. The Labute approximate surface area is 110 Å². The van der Waals surface area contributed by atoms with Crippen molar-refractivity contribution in [1.29, 1.82) is 0 Å². The zero-order chi connectivity index (χ0) is 12.3. The molecule has 0 saturated carbocycles. The number of nitrogens with zero attached hydrogens (tertiary/aromatic N) is 2. The minimum atomic E-state index is 0.0571. The van der Waals surface area contributed by atoms with Crippen molar-refractivity contribution in [3.8, 4) is 0 Å². The van der Waals surface area contributed by atoms with Crippen molar-refractivity contribution in [3.05, 3.63) is 11.7 Å². The van der Waals surface area contributed by atoms with Crippen LogP contribution < -0.4 is 5.73 Å². The lowest BCUT2D eigenvalue weighted by molar-refractivity contribution is 0.331. The molecular formula is C11H19N3OS2. The van der Waals surface area contributed by atoms with E-state index in [1.54, 1.807) is 0 Å². The van der Waals surface area contributed by atoms with Crippen LogP contribution in [0.2, 0.25) is 0 Å². The molecule has 17 heavy (non-hydrogen) atoms. The van der Waals surface area contributed by atoms with Crippen LogP contribution in [0.4, 0.5) is 0 Å². The Bertz CT molecular complexity index is 350. The molecule has 1 fully saturated rings. The van der Waals surface area contributed by atoms with Gasteiger partial charge in [-0.1, -0.05) is 12.1 Å². The van der Waals surface area contributed by atoms with Crippen molar-refractivity contribution >= 4 is 23.5 Å². The number of hydrogen-bond donors (Lipinski definition) is 1. The number of rotatable bonds is 4. The van der Waals surface area contributed by atoms with Crippen molar-refractivity contribution in [2.45, 2.75) is 37.5 Å². The summed E-state index contributed by atoms with van der Waals surface area (Å²) in [6.45, 7) is 4.09. The third kappa shape index (κ3) is 3.17. The Morgan fingerprint density at radius 1 is 1.53 bits per heavy atom. The molecule has 0 aliphatic carbocycles. The smallest absolute Gasteiger partial charge is 0.231 e. The van der Waals surface area contributed by atoms with E-state index in [0.717, 1.165) is 18.0 Å². The van der Waals surface area contributed by atoms with Crippen molar-refractivity contribution in [2.75, 3.05) is 17.3 Å². The molecule has 1 aromatic heterocycles. The van der Waals surface area contributed by atoms with E-state index < -0.39 is 0 Å². The Morgan fingerprint density at radius 3 is 2.94 bits per heavy atom. The summed E-state index contributed by atoms with van der Waals surface area (Å²) in [6, 6.07) is 0.0571. The highest BCUT2D eigenvalue weighted by atomic mass is 32.2. The van der Waals surface area contributed by atoms with Gasteiger partial charge in [0, 0.05) is 23.3 Å². The molecule has 2 heterocycles. The monoisotopic (exact) mass is 273 g/mol. The predicted octanol–water partition coefficient (Wildman–Crippen LogP) is 2.43. The van der Waals surface area contributed by atoms with Gasteiger partial charge in [-0.2, -0.15) is 16.7 Å². The SMILES string of the molecule is CCC(c1nc(C2CSCCS2)no1)C(C)N. The fraction of sp³-hybridized carbons (Fsp3) is 0.818. The van der Waals surface area contributed by atoms with E-state index in [4.69, 9.17) is 10.3 Å². The largest absolute Gasteiger partial charge is 0.339 e. The summed E-state index contributed by atoms with van der Waals surface area (Å²) in [5.74, 6) is 5.20. The van der Waals surface area contributed by atoms with Gasteiger partial charge in [0.1, 0.15) is 0 Å². The lowest BCUT2D eigenvalue weighted by Gasteiger charge is -2.17. The highest BCUT2D eigenvalue weighted by Crippen LogP contribution is 2.35. The second-order valence-corrected chi connectivity index (χ2v) is 6.76. The Morgan fingerprint density at radius 2 is 2.35 bits per heavy atom. The minimum Gasteiger partial charge on any atom is -0.339 e. The number of hydrogen-bond acceptors (Lipinski definition) is 6. The first-order valence-corrected chi connectivity index (χ1v) is 8.21.